The van der Waals surface area contributed by atoms with Crippen LogP contribution in [0.4, 0.5) is 0 Å². The van der Waals surface area contributed by atoms with E-state index in [0.29, 0.717) is 29.3 Å². The SMILES string of the molecule is C=CC(=O)c1ccc(OC)cc1.CCC.COc1ccc(C(=O)CCCl)cc1.COc1ccccc1.O=C(Cl)CCCl. The van der Waals surface area contributed by atoms with E-state index in [1.165, 1.54) is 12.5 Å². The van der Waals surface area contributed by atoms with Gasteiger partial charge < -0.3 is 14.2 Å². The Kier molecular flexibility index (Phi) is 27.0. The molecule has 0 aliphatic carbocycles. The summed E-state index contributed by atoms with van der Waals surface area (Å²) in [6, 6.07) is 23.6. The van der Waals surface area contributed by atoms with Gasteiger partial charge in [0.05, 0.1) is 21.3 Å². The summed E-state index contributed by atoms with van der Waals surface area (Å²) in [5.74, 6) is 3.09. The van der Waals surface area contributed by atoms with Crippen LogP contribution in [0.3, 0.4) is 0 Å². The standard InChI is InChI=1S/C10H11ClO2.C10H10O2.C7H8O.C3H4Cl2O.C3H8/c1-13-9-4-2-8(3-5-9)10(12)6-7-11;1-3-10(11)8-4-6-9(12-2)7-5-8;1-8-7-5-3-2-4-6-7;4-2-1-3(5)6;1-3-2/h2-5H,6-7H2,1H3;3-7H,1H2,2H3;2-6H,1H3;1-2H2;3H2,1-2H3. The Bertz CT molecular complexity index is 1120. The molecule has 230 valence electrons. The number of hydrogen-bond acceptors (Lipinski definition) is 6. The van der Waals surface area contributed by atoms with E-state index in [1.54, 1.807) is 69.9 Å². The van der Waals surface area contributed by atoms with E-state index < -0.39 is 0 Å². The summed E-state index contributed by atoms with van der Waals surface area (Å²) in [7, 11) is 4.84. The lowest BCUT2D eigenvalue weighted by Crippen LogP contribution is -1.99. The number of methoxy groups -OCH3 is 3. The zero-order valence-electron chi connectivity index (χ0n) is 24.9. The van der Waals surface area contributed by atoms with Gasteiger partial charge in [0, 0.05) is 35.7 Å². The number of ether oxygens (including phenoxy) is 3. The van der Waals surface area contributed by atoms with E-state index in [1.807, 2.05) is 30.3 Å². The van der Waals surface area contributed by atoms with Crippen molar-refractivity contribution in [2.24, 2.45) is 0 Å². The second kappa shape index (κ2) is 27.8. The van der Waals surface area contributed by atoms with Crippen LogP contribution in [0, 0.1) is 0 Å². The maximum Gasteiger partial charge on any atom is 0.222 e. The highest BCUT2D eigenvalue weighted by molar-refractivity contribution is 6.63. The first-order chi connectivity index (χ1) is 20.2. The minimum Gasteiger partial charge on any atom is -0.497 e. The van der Waals surface area contributed by atoms with Crippen LogP contribution in [0.5, 0.6) is 17.2 Å². The summed E-state index contributed by atoms with van der Waals surface area (Å²) in [4.78, 5) is 32.1. The lowest BCUT2D eigenvalue weighted by molar-refractivity contribution is -0.111. The molecule has 0 N–H and O–H groups in total. The molecule has 42 heavy (non-hydrogen) atoms. The number of benzene rings is 3. The van der Waals surface area contributed by atoms with E-state index in [9.17, 15) is 14.4 Å². The molecule has 0 aliphatic rings. The molecule has 0 spiro atoms. The van der Waals surface area contributed by atoms with Crippen LogP contribution < -0.4 is 14.2 Å². The maximum atomic E-state index is 11.3. The number of hydrogen-bond donors (Lipinski definition) is 0. The fraction of sp³-hybridized carbons (Fsp3) is 0.303. The molecule has 0 radical (unpaired) electrons. The van der Waals surface area contributed by atoms with Crippen molar-refractivity contribution < 1.29 is 28.6 Å². The summed E-state index contributed by atoms with van der Waals surface area (Å²) in [6.45, 7) is 7.65. The predicted octanol–water partition coefficient (Wildman–Crippen LogP) is 9.06. The van der Waals surface area contributed by atoms with Crippen molar-refractivity contribution in [1.29, 1.82) is 0 Å². The molecule has 0 unspecified atom stereocenters. The van der Waals surface area contributed by atoms with Gasteiger partial charge in [-0.1, -0.05) is 45.0 Å². The smallest absolute Gasteiger partial charge is 0.222 e. The van der Waals surface area contributed by atoms with Crippen LogP contribution in [0.25, 0.3) is 0 Å². The zero-order valence-corrected chi connectivity index (χ0v) is 27.2. The van der Waals surface area contributed by atoms with Gasteiger partial charge >= 0.3 is 0 Å². The van der Waals surface area contributed by atoms with Gasteiger partial charge in [0.1, 0.15) is 17.2 Å². The van der Waals surface area contributed by atoms with Crippen molar-refractivity contribution in [2.45, 2.75) is 33.1 Å². The third kappa shape index (κ3) is 21.4. The van der Waals surface area contributed by atoms with Gasteiger partial charge in [0.25, 0.3) is 0 Å². The number of halogens is 3. The molecule has 0 saturated carbocycles. The normalized spacial score (nSPS) is 8.86. The van der Waals surface area contributed by atoms with Gasteiger partial charge in [-0.25, -0.2) is 0 Å². The number of Topliss-reactive ketones (excluding diaryl/α,β-unsaturated/α-hetero) is 1. The fourth-order valence-corrected chi connectivity index (χ4v) is 3.05. The molecular weight excluding hydrogens is 599 g/mol. The Morgan fingerprint density at radius 1 is 0.667 bits per heavy atom. The largest absolute Gasteiger partial charge is 0.497 e. The van der Waals surface area contributed by atoms with Crippen LogP contribution >= 0.6 is 34.8 Å². The monoisotopic (exact) mass is 638 g/mol. The quantitative estimate of drug-likeness (QED) is 0.0953. The Morgan fingerprint density at radius 3 is 1.33 bits per heavy atom. The highest BCUT2D eigenvalue weighted by Gasteiger charge is 2.04. The number of para-hydroxylation sites is 1. The van der Waals surface area contributed by atoms with E-state index in [0.717, 1.165) is 17.2 Å². The molecule has 3 aromatic carbocycles. The average molecular weight is 640 g/mol. The van der Waals surface area contributed by atoms with Crippen molar-refractivity contribution >= 4 is 51.6 Å². The van der Waals surface area contributed by atoms with Crippen molar-refractivity contribution in [2.75, 3.05) is 33.1 Å². The van der Waals surface area contributed by atoms with Gasteiger partial charge in [-0.3, -0.25) is 14.4 Å². The zero-order chi connectivity index (χ0) is 32.2. The van der Waals surface area contributed by atoms with Gasteiger partial charge in [-0.2, -0.15) is 0 Å². The van der Waals surface area contributed by atoms with Crippen LogP contribution in [-0.2, 0) is 4.79 Å². The second-order valence-corrected chi connectivity index (χ2v) is 9.08. The highest BCUT2D eigenvalue weighted by Crippen LogP contribution is 2.13. The highest BCUT2D eigenvalue weighted by atomic mass is 35.5. The second-order valence-electron chi connectivity index (χ2n) is 7.91. The van der Waals surface area contributed by atoms with Gasteiger partial charge in [0.2, 0.25) is 5.24 Å². The van der Waals surface area contributed by atoms with E-state index in [-0.39, 0.29) is 23.2 Å². The Labute approximate surface area is 265 Å². The van der Waals surface area contributed by atoms with Crippen molar-refractivity contribution in [1.82, 2.24) is 0 Å². The predicted molar refractivity (Wildman–Crippen MR) is 175 cm³/mol. The summed E-state index contributed by atoms with van der Waals surface area (Å²) in [5.41, 5.74) is 1.31. The summed E-state index contributed by atoms with van der Waals surface area (Å²) in [6.07, 6.45) is 3.19. The molecule has 0 amide bonds. The molecule has 0 saturated heterocycles. The average Bonchev–Trinajstić information content (AvgIpc) is 3.02. The molecule has 0 fully saturated rings. The maximum absolute atomic E-state index is 11.3. The first kappa shape index (κ1) is 40.8. The molecule has 9 heteroatoms. The third-order valence-electron chi connectivity index (χ3n) is 4.56. The van der Waals surface area contributed by atoms with E-state index in [4.69, 9.17) is 49.0 Å². The third-order valence-corrected chi connectivity index (χ3v) is 5.13. The topological polar surface area (TPSA) is 78.9 Å². The molecule has 3 rings (SSSR count). The summed E-state index contributed by atoms with van der Waals surface area (Å²) in [5, 5.41) is -0.370. The molecule has 0 aliphatic heterocycles. The first-order valence-electron chi connectivity index (χ1n) is 13.0. The van der Waals surface area contributed by atoms with E-state index >= 15 is 0 Å². The Hall–Kier alpha value is -3.32. The number of ketones is 2. The van der Waals surface area contributed by atoms with Crippen LogP contribution in [0.15, 0.2) is 91.5 Å². The van der Waals surface area contributed by atoms with Crippen molar-refractivity contribution in [3.63, 3.8) is 0 Å². The lowest BCUT2D eigenvalue weighted by atomic mass is 10.1. The van der Waals surface area contributed by atoms with Gasteiger partial charge in [0.15, 0.2) is 11.6 Å². The van der Waals surface area contributed by atoms with Crippen molar-refractivity contribution in [3.05, 3.63) is 103 Å². The molecular formula is C33H41Cl3O6. The van der Waals surface area contributed by atoms with Crippen LogP contribution in [0.2, 0.25) is 0 Å². The minimum atomic E-state index is -0.370. The molecule has 0 aromatic heterocycles. The summed E-state index contributed by atoms with van der Waals surface area (Å²) >= 11 is 15.4. The first-order valence-corrected chi connectivity index (χ1v) is 14.5. The molecule has 0 atom stereocenters. The molecule has 3 aromatic rings. The molecule has 0 bridgehead atoms. The van der Waals surface area contributed by atoms with Crippen LogP contribution in [-0.4, -0.2) is 49.9 Å². The number of rotatable bonds is 10. The fourth-order valence-electron chi connectivity index (χ4n) is 2.51. The Balaban J connectivity index is 0. The Morgan fingerprint density at radius 2 is 1.05 bits per heavy atom. The van der Waals surface area contributed by atoms with Gasteiger partial charge in [-0.05, 0) is 78.3 Å². The minimum absolute atomic E-state index is 0.0673. The summed E-state index contributed by atoms with van der Waals surface area (Å²) < 4.78 is 14.8. The number of carbonyl (C=O) groups is 3. The van der Waals surface area contributed by atoms with Crippen LogP contribution in [0.1, 0.15) is 53.8 Å². The van der Waals surface area contributed by atoms with Crippen molar-refractivity contribution in [3.8, 4) is 17.2 Å². The molecule has 0 heterocycles. The number of carbonyl (C=O) groups excluding carboxylic acids is 3. The number of allylic oxidation sites excluding steroid dienone is 1. The van der Waals surface area contributed by atoms with E-state index in [2.05, 4.69) is 20.4 Å². The van der Waals surface area contributed by atoms with Gasteiger partial charge in [-0.15, -0.1) is 23.2 Å². The molecule has 6 nitrogen and oxygen atoms in total. The lowest BCUT2D eigenvalue weighted by Gasteiger charge is -2.01. The number of alkyl halides is 2.